The van der Waals surface area contributed by atoms with Gasteiger partial charge in [0.1, 0.15) is 0 Å². The summed E-state index contributed by atoms with van der Waals surface area (Å²) in [6, 6.07) is 0. The number of aliphatic hydroxyl groups is 2. The van der Waals surface area contributed by atoms with Crippen LogP contribution in [0.2, 0.25) is 0 Å². The van der Waals surface area contributed by atoms with E-state index in [1.807, 2.05) is 6.92 Å². The lowest BCUT2D eigenvalue weighted by Crippen LogP contribution is -2.09. The van der Waals surface area contributed by atoms with Crippen LogP contribution in [-0.4, -0.2) is 22.4 Å². The zero-order valence-corrected chi connectivity index (χ0v) is 9.00. The van der Waals surface area contributed by atoms with Crippen molar-refractivity contribution in [1.29, 1.82) is 0 Å². The molecule has 2 atom stereocenters. The highest BCUT2D eigenvalue weighted by Gasteiger charge is 2.05. The maximum atomic E-state index is 9.48. The Hall–Kier alpha value is -0.0800. The minimum absolute atomic E-state index is 0.149. The van der Waals surface area contributed by atoms with Gasteiger partial charge in [-0.15, -0.1) is 0 Å². The molecule has 0 fully saturated rings. The molecule has 0 rings (SSSR count). The third-order valence-electron chi connectivity index (χ3n) is 2.44. The van der Waals surface area contributed by atoms with Gasteiger partial charge in [0.15, 0.2) is 0 Å². The van der Waals surface area contributed by atoms with Crippen molar-refractivity contribution in [3.8, 4) is 0 Å². The maximum Gasteiger partial charge on any atom is 0.0540 e. The van der Waals surface area contributed by atoms with E-state index in [0.29, 0.717) is 0 Å². The summed E-state index contributed by atoms with van der Waals surface area (Å²) in [4.78, 5) is 0. The van der Waals surface area contributed by atoms with Crippen LogP contribution in [0.25, 0.3) is 0 Å². The Balaban J connectivity index is 3.21. The molecule has 0 saturated carbocycles. The van der Waals surface area contributed by atoms with Crippen LogP contribution in [0.3, 0.4) is 0 Å². The Labute approximate surface area is 82.0 Å². The number of hydrogen-bond acceptors (Lipinski definition) is 2. The summed E-state index contributed by atoms with van der Waals surface area (Å²) in [6.45, 7) is 4.12. The van der Waals surface area contributed by atoms with Gasteiger partial charge in [0.2, 0.25) is 0 Å². The van der Waals surface area contributed by atoms with Crippen molar-refractivity contribution in [3.05, 3.63) is 0 Å². The van der Waals surface area contributed by atoms with E-state index in [2.05, 4.69) is 6.92 Å². The largest absolute Gasteiger partial charge is 0.393 e. The highest BCUT2D eigenvalue weighted by Crippen LogP contribution is 2.10. The molecule has 0 amide bonds. The highest BCUT2D eigenvalue weighted by molar-refractivity contribution is 4.59. The molecule has 0 aliphatic carbocycles. The van der Waals surface area contributed by atoms with Crippen LogP contribution in [0.4, 0.5) is 0 Å². The van der Waals surface area contributed by atoms with Crippen molar-refractivity contribution in [2.24, 2.45) is 0 Å². The van der Waals surface area contributed by atoms with Crippen LogP contribution in [0.15, 0.2) is 0 Å². The fraction of sp³-hybridized carbons (Fsp3) is 1.00. The van der Waals surface area contributed by atoms with Crippen LogP contribution < -0.4 is 0 Å². The monoisotopic (exact) mass is 188 g/mol. The number of rotatable bonds is 8. The zero-order valence-electron chi connectivity index (χ0n) is 9.00. The van der Waals surface area contributed by atoms with Crippen LogP contribution in [-0.2, 0) is 0 Å². The van der Waals surface area contributed by atoms with Crippen molar-refractivity contribution in [2.45, 2.75) is 71.0 Å². The zero-order chi connectivity index (χ0) is 10.1. The fourth-order valence-corrected chi connectivity index (χ4v) is 1.38. The quantitative estimate of drug-likeness (QED) is 0.614. The number of unbranched alkanes of at least 4 members (excludes halogenated alkanes) is 1. The van der Waals surface area contributed by atoms with E-state index in [1.165, 1.54) is 0 Å². The molecule has 2 N–H and O–H groups in total. The second-order valence-electron chi connectivity index (χ2n) is 3.79. The molecule has 0 radical (unpaired) electrons. The third kappa shape index (κ3) is 8.26. The van der Waals surface area contributed by atoms with E-state index in [9.17, 15) is 10.2 Å². The molecule has 0 heterocycles. The molecule has 80 valence electrons. The Morgan fingerprint density at radius 1 is 0.846 bits per heavy atom. The molecule has 0 aromatic heterocycles. The number of hydrogen-bond donors (Lipinski definition) is 2. The molecule has 0 aliphatic heterocycles. The third-order valence-corrected chi connectivity index (χ3v) is 2.44. The topological polar surface area (TPSA) is 40.5 Å². The van der Waals surface area contributed by atoms with Gasteiger partial charge in [-0.1, -0.05) is 26.7 Å². The molecule has 2 heteroatoms. The first-order valence-electron chi connectivity index (χ1n) is 5.56. The van der Waals surface area contributed by atoms with Gasteiger partial charge in [-0.3, -0.25) is 0 Å². The highest BCUT2D eigenvalue weighted by atomic mass is 16.3. The van der Waals surface area contributed by atoms with Gasteiger partial charge in [0.25, 0.3) is 0 Å². The van der Waals surface area contributed by atoms with Crippen LogP contribution >= 0.6 is 0 Å². The van der Waals surface area contributed by atoms with Crippen molar-refractivity contribution in [2.75, 3.05) is 0 Å². The molecule has 2 nitrogen and oxygen atoms in total. The molecule has 0 aliphatic rings. The molecule has 2 unspecified atom stereocenters. The van der Waals surface area contributed by atoms with Gasteiger partial charge < -0.3 is 10.2 Å². The van der Waals surface area contributed by atoms with Gasteiger partial charge in [-0.25, -0.2) is 0 Å². The Morgan fingerprint density at radius 3 is 1.92 bits per heavy atom. The summed E-state index contributed by atoms with van der Waals surface area (Å²) in [5.41, 5.74) is 0. The molecule has 0 spiro atoms. The summed E-state index contributed by atoms with van der Waals surface area (Å²) >= 11 is 0. The SMILES string of the molecule is CCCCC(O)CCCC(O)CC. The second kappa shape index (κ2) is 8.52. The van der Waals surface area contributed by atoms with E-state index in [0.717, 1.165) is 44.9 Å². The Bertz CT molecular complexity index is 104. The first kappa shape index (κ1) is 12.9. The lowest BCUT2D eigenvalue weighted by Gasteiger charge is -2.11. The maximum absolute atomic E-state index is 9.48. The van der Waals surface area contributed by atoms with E-state index in [4.69, 9.17) is 0 Å². The average Bonchev–Trinajstić information content (AvgIpc) is 2.14. The van der Waals surface area contributed by atoms with Gasteiger partial charge in [-0.2, -0.15) is 0 Å². The minimum atomic E-state index is -0.168. The molecule has 0 aromatic rings. The number of aliphatic hydroxyl groups excluding tert-OH is 2. The Kier molecular flexibility index (Phi) is 8.46. The van der Waals surface area contributed by atoms with Crippen molar-refractivity contribution in [3.63, 3.8) is 0 Å². The Morgan fingerprint density at radius 2 is 1.38 bits per heavy atom. The lowest BCUT2D eigenvalue weighted by molar-refractivity contribution is 0.125. The second-order valence-corrected chi connectivity index (χ2v) is 3.79. The molecular weight excluding hydrogens is 164 g/mol. The average molecular weight is 188 g/mol. The molecule has 13 heavy (non-hydrogen) atoms. The van der Waals surface area contributed by atoms with Gasteiger partial charge in [0.05, 0.1) is 12.2 Å². The van der Waals surface area contributed by atoms with Gasteiger partial charge in [-0.05, 0) is 32.1 Å². The van der Waals surface area contributed by atoms with Crippen LogP contribution in [0, 0.1) is 0 Å². The van der Waals surface area contributed by atoms with Gasteiger partial charge >= 0.3 is 0 Å². The van der Waals surface area contributed by atoms with E-state index in [-0.39, 0.29) is 12.2 Å². The minimum Gasteiger partial charge on any atom is -0.393 e. The summed E-state index contributed by atoms with van der Waals surface area (Å²) in [5, 5.41) is 18.7. The van der Waals surface area contributed by atoms with Crippen molar-refractivity contribution >= 4 is 0 Å². The standard InChI is InChI=1S/C11H24O2/c1-3-5-7-11(13)9-6-8-10(12)4-2/h10-13H,3-9H2,1-2H3. The summed E-state index contributed by atoms with van der Waals surface area (Å²) in [7, 11) is 0. The smallest absolute Gasteiger partial charge is 0.0540 e. The molecule has 0 saturated heterocycles. The summed E-state index contributed by atoms with van der Waals surface area (Å²) in [5.74, 6) is 0. The van der Waals surface area contributed by atoms with Crippen molar-refractivity contribution < 1.29 is 10.2 Å². The fourth-order valence-electron chi connectivity index (χ4n) is 1.38. The van der Waals surface area contributed by atoms with Crippen LogP contribution in [0.5, 0.6) is 0 Å². The van der Waals surface area contributed by atoms with E-state index < -0.39 is 0 Å². The summed E-state index contributed by atoms with van der Waals surface area (Å²) in [6.07, 6.45) is 6.30. The van der Waals surface area contributed by atoms with E-state index in [1.54, 1.807) is 0 Å². The first-order valence-corrected chi connectivity index (χ1v) is 5.56. The van der Waals surface area contributed by atoms with Gasteiger partial charge in [0, 0.05) is 0 Å². The normalized spacial score (nSPS) is 15.7. The molecule has 0 bridgehead atoms. The van der Waals surface area contributed by atoms with Crippen LogP contribution in [0.1, 0.15) is 58.8 Å². The van der Waals surface area contributed by atoms with Crippen molar-refractivity contribution in [1.82, 2.24) is 0 Å². The predicted octanol–water partition coefficient (Wildman–Crippen LogP) is 2.48. The predicted molar refractivity (Wildman–Crippen MR) is 55.7 cm³/mol. The molecule has 0 aromatic carbocycles. The lowest BCUT2D eigenvalue weighted by atomic mass is 10.0. The van der Waals surface area contributed by atoms with E-state index >= 15 is 0 Å². The molecular formula is C11H24O2. The summed E-state index contributed by atoms with van der Waals surface area (Å²) < 4.78 is 0. The first-order chi connectivity index (χ1) is 6.20.